The van der Waals surface area contributed by atoms with Crippen LogP contribution in [-0.2, 0) is 11.2 Å². The number of anilines is 2. The van der Waals surface area contributed by atoms with E-state index < -0.39 is 0 Å². The molecule has 0 aliphatic heterocycles. The average Bonchev–Trinajstić information content (AvgIpc) is 3.30. The largest absolute Gasteiger partial charge is 0.378 e. The number of carbonyl (C=O) groups is 1. The summed E-state index contributed by atoms with van der Waals surface area (Å²) in [5.41, 5.74) is 4.75. The molecule has 0 bridgehead atoms. The van der Waals surface area contributed by atoms with Crippen LogP contribution in [0.25, 0.3) is 11.0 Å². The maximum absolute atomic E-state index is 13.0. The molecular formula is C24H25N5O2S. The van der Waals surface area contributed by atoms with Crippen LogP contribution in [0.1, 0.15) is 28.9 Å². The van der Waals surface area contributed by atoms with Gasteiger partial charge in [-0.05, 0) is 48.7 Å². The van der Waals surface area contributed by atoms with Crippen molar-refractivity contribution in [1.29, 1.82) is 0 Å². The molecule has 0 atom stereocenters. The Morgan fingerprint density at radius 3 is 2.44 bits per heavy atom. The molecule has 8 heteroatoms. The van der Waals surface area contributed by atoms with Gasteiger partial charge in [0, 0.05) is 38.3 Å². The molecule has 0 spiro atoms. The highest BCUT2D eigenvalue weighted by Gasteiger charge is 2.15. The highest BCUT2D eigenvalue weighted by atomic mass is 32.1. The number of thiazole rings is 1. The highest BCUT2D eigenvalue weighted by Crippen LogP contribution is 2.20. The van der Waals surface area contributed by atoms with E-state index in [0.717, 1.165) is 28.1 Å². The fraction of sp³-hybridized carbons (Fsp3) is 0.250. The Balaban J connectivity index is 1.53. The van der Waals surface area contributed by atoms with Crippen molar-refractivity contribution in [3.8, 4) is 0 Å². The van der Waals surface area contributed by atoms with E-state index in [1.165, 1.54) is 15.7 Å². The Labute approximate surface area is 190 Å². The number of hydrogen-bond donors (Lipinski definition) is 1. The number of amides is 1. The number of benzene rings is 2. The lowest BCUT2D eigenvalue weighted by Crippen LogP contribution is -2.25. The number of carbonyl (C=O) groups excluding carboxylic acids is 1. The summed E-state index contributed by atoms with van der Waals surface area (Å²) in [7, 11) is 3.97. The predicted octanol–water partition coefficient (Wildman–Crippen LogP) is 2.95. The smallest absolute Gasteiger partial charge is 0.275 e. The van der Waals surface area contributed by atoms with Gasteiger partial charge in [0.2, 0.25) is 10.9 Å². The van der Waals surface area contributed by atoms with Crippen molar-refractivity contribution in [3.63, 3.8) is 0 Å². The van der Waals surface area contributed by atoms with Gasteiger partial charge in [-0.2, -0.15) is 0 Å². The van der Waals surface area contributed by atoms with Gasteiger partial charge in [-0.3, -0.25) is 9.59 Å². The van der Waals surface area contributed by atoms with Gasteiger partial charge in [0.25, 0.3) is 5.56 Å². The molecule has 1 amide bonds. The Hall–Kier alpha value is -3.52. The number of aryl methyl sites for hydroxylation is 3. The molecule has 4 aromatic rings. The predicted molar refractivity (Wildman–Crippen MR) is 130 cm³/mol. The zero-order valence-corrected chi connectivity index (χ0v) is 19.4. The second kappa shape index (κ2) is 8.92. The number of rotatable bonds is 6. The monoisotopic (exact) mass is 447 g/mol. The van der Waals surface area contributed by atoms with Crippen LogP contribution in [0.2, 0.25) is 0 Å². The minimum atomic E-state index is -0.156. The van der Waals surface area contributed by atoms with Gasteiger partial charge in [-0.1, -0.05) is 41.7 Å². The van der Waals surface area contributed by atoms with Gasteiger partial charge < -0.3 is 10.2 Å². The van der Waals surface area contributed by atoms with Gasteiger partial charge in [-0.15, -0.1) is 10.2 Å². The summed E-state index contributed by atoms with van der Waals surface area (Å²) in [4.78, 5) is 28.0. The summed E-state index contributed by atoms with van der Waals surface area (Å²) in [5, 5.41) is 11.2. The first-order chi connectivity index (χ1) is 15.3. The van der Waals surface area contributed by atoms with Crippen molar-refractivity contribution in [2.75, 3.05) is 24.3 Å². The maximum atomic E-state index is 13.0. The fourth-order valence-electron chi connectivity index (χ4n) is 3.53. The molecule has 0 radical (unpaired) electrons. The zero-order chi connectivity index (χ0) is 22.8. The Kier molecular flexibility index (Phi) is 6.05. The SMILES string of the molecule is Cc1cccc(C)c1NC(=O)CCc1nnc2s/c(=C/c3ccc(N(C)C)cc3)c(=O)n12. The molecule has 2 aromatic heterocycles. The van der Waals surface area contributed by atoms with Gasteiger partial charge >= 0.3 is 0 Å². The van der Waals surface area contributed by atoms with E-state index in [2.05, 4.69) is 15.5 Å². The number of aromatic nitrogens is 3. The van der Waals surface area contributed by atoms with Gasteiger partial charge in [0.15, 0.2) is 0 Å². The van der Waals surface area contributed by atoms with E-state index >= 15 is 0 Å². The molecule has 0 aliphatic carbocycles. The minimum Gasteiger partial charge on any atom is -0.378 e. The Bertz CT molecular complexity index is 1370. The molecule has 0 unspecified atom stereocenters. The molecule has 0 saturated carbocycles. The first kappa shape index (κ1) is 21.7. The third-order valence-electron chi connectivity index (χ3n) is 5.34. The summed E-state index contributed by atoms with van der Waals surface area (Å²) in [6.45, 7) is 3.93. The zero-order valence-electron chi connectivity index (χ0n) is 18.5. The Morgan fingerprint density at radius 2 is 1.78 bits per heavy atom. The van der Waals surface area contributed by atoms with Crippen molar-refractivity contribution < 1.29 is 4.79 Å². The second-order valence-electron chi connectivity index (χ2n) is 7.95. The first-order valence-corrected chi connectivity index (χ1v) is 11.2. The maximum Gasteiger partial charge on any atom is 0.275 e. The normalized spacial score (nSPS) is 11.8. The van der Waals surface area contributed by atoms with Crippen LogP contribution in [0, 0.1) is 13.8 Å². The van der Waals surface area contributed by atoms with Crippen LogP contribution in [-0.4, -0.2) is 34.6 Å². The third-order valence-corrected chi connectivity index (χ3v) is 6.30. The topological polar surface area (TPSA) is 79.6 Å². The van der Waals surface area contributed by atoms with E-state index in [0.29, 0.717) is 21.7 Å². The average molecular weight is 448 g/mol. The van der Waals surface area contributed by atoms with E-state index in [1.807, 2.05) is 81.4 Å². The summed E-state index contributed by atoms with van der Waals surface area (Å²) in [5.74, 6) is 0.384. The fourth-order valence-corrected chi connectivity index (χ4v) is 4.47. The van der Waals surface area contributed by atoms with Crippen LogP contribution < -0.4 is 20.3 Å². The lowest BCUT2D eigenvalue weighted by atomic mass is 10.1. The number of nitrogens with zero attached hydrogens (tertiary/aromatic N) is 4. The summed E-state index contributed by atoms with van der Waals surface area (Å²) in [6, 6.07) is 13.9. The summed E-state index contributed by atoms with van der Waals surface area (Å²) in [6.07, 6.45) is 2.41. The van der Waals surface area contributed by atoms with Gasteiger partial charge in [0.1, 0.15) is 5.82 Å². The summed E-state index contributed by atoms with van der Waals surface area (Å²) < 4.78 is 2.10. The van der Waals surface area contributed by atoms with Crippen molar-refractivity contribution in [3.05, 3.63) is 79.9 Å². The lowest BCUT2D eigenvalue weighted by molar-refractivity contribution is -0.116. The molecule has 164 valence electrons. The van der Waals surface area contributed by atoms with Crippen LogP contribution >= 0.6 is 11.3 Å². The highest BCUT2D eigenvalue weighted by molar-refractivity contribution is 7.15. The van der Waals surface area contributed by atoms with E-state index in [1.54, 1.807) is 0 Å². The third kappa shape index (κ3) is 4.40. The van der Waals surface area contributed by atoms with E-state index in [4.69, 9.17) is 0 Å². The van der Waals surface area contributed by atoms with Crippen molar-refractivity contribution >= 4 is 39.7 Å². The quantitative estimate of drug-likeness (QED) is 0.492. The van der Waals surface area contributed by atoms with E-state index in [9.17, 15) is 9.59 Å². The van der Waals surface area contributed by atoms with Crippen LogP contribution in [0.15, 0.2) is 47.3 Å². The number of nitrogens with one attached hydrogen (secondary N) is 1. The van der Waals surface area contributed by atoms with Crippen molar-refractivity contribution in [2.45, 2.75) is 26.7 Å². The molecule has 0 aliphatic rings. The molecule has 2 heterocycles. The van der Waals surface area contributed by atoms with Gasteiger partial charge in [0.05, 0.1) is 4.53 Å². The molecular weight excluding hydrogens is 422 g/mol. The molecule has 0 saturated heterocycles. The van der Waals surface area contributed by atoms with Gasteiger partial charge in [-0.25, -0.2) is 4.40 Å². The van der Waals surface area contributed by atoms with Crippen LogP contribution in [0.5, 0.6) is 0 Å². The number of hydrogen-bond acceptors (Lipinski definition) is 6. The number of para-hydroxylation sites is 1. The lowest BCUT2D eigenvalue weighted by Gasteiger charge is -2.11. The van der Waals surface area contributed by atoms with Crippen molar-refractivity contribution in [1.82, 2.24) is 14.6 Å². The molecule has 1 N–H and O–H groups in total. The minimum absolute atomic E-state index is 0.116. The molecule has 0 fully saturated rings. The first-order valence-electron chi connectivity index (χ1n) is 10.4. The molecule has 32 heavy (non-hydrogen) atoms. The molecule has 7 nitrogen and oxygen atoms in total. The molecule has 2 aromatic carbocycles. The number of fused-ring (bicyclic) bond motifs is 1. The second-order valence-corrected chi connectivity index (χ2v) is 8.96. The van der Waals surface area contributed by atoms with E-state index in [-0.39, 0.29) is 17.9 Å². The standard InChI is InChI=1S/C24H25N5O2S/c1-15-6-5-7-16(2)22(15)25-21(30)13-12-20-26-27-24-29(20)23(31)19(32-24)14-17-8-10-18(11-9-17)28(3)4/h5-11,14H,12-13H2,1-4H3,(H,25,30)/b19-14+. The van der Waals surface area contributed by atoms with Crippen molar-refractivity contribution in [2.24, 2.45) is 0 Å². The Morgan fingerprint density at radius 1 is 1.09 bits per heavy atom. The summed E-state index contributed by atoms with van der Waals surface area (Å²) >= 11 is 1.30. The molecule has 4 rings (SSSR count). The van der Waals surface area contributed by atoms with Crippen LogP contribution in [0.3, 0.4) is 0 Å². The van der Waals surface area contributed by atoms with Crippen LogP contribution in [0.4, 0.5) is 11.4 Å².